The Balaban J connectivity index is 2.20. The van der Waals surface area contributed by atoms with Gasteiger partial charge in [-0.15, -0.1) is 0 Å². The number of aromatic nitrogens is 1. The van der Waals surface area contributed by atoms with E-state index in [1.807, 2.05) is 30.5 Å². The Bertz CT molecular complexity index is 503. The second kappa shape index (κ2) is 5.10. The molecule has 16 heavy (non-hydrogen) atoms. The number of nitrogens with zero attached hydrogens (tertiary/aromatic N) is 1. The van der Waals surface area contributed by atoms with E-state index in [-0.39, 0.29) is 0 Å². The molecular weight excluding hydrogens is 220 g/mol. The van der Waals surface area contributed by atoms with Crippen molar-refractivity contribution in [1.82, 2.24) is 10.3 Å². The second-order valence-electron chi connectivity index (χ2n) is 3.61. The first-order valence-corrected chi connectivity index (χ1v) is 5.52. The molecule has 0 saturated heterocycles. The van der Waals surface area contributed by atoms with Gasteiger partial charge in [0.2, 0.25) is 0 Å². The zero-order valence-electron chi connectivity index (χ0n) is 8.91. The number of pyridine rings is 1. The molecule has 1 heterocycles. The van der Waals surface area contributed by atoms with Crippen LogP contribution in [0.4, 0.5) is 0 Å². The largest absolute Gasteiger partial charge is 0.308 e. The predicted molar refractivity (Wildman–Crippen MR) is 68.4 cm³/mol. The average Bonchev–Trinajstić information content (AvgIpc) is 2.29. The lowest BCUT2D eigenvalue weighted by molar-refractivity contribution is 0.758. The SMILES string of the molecule is C=C(Cl)CNCc1ccnc2ccccc12. The second-order valence-corrected chi connectivity index (χ2v) is 4.14. The molecule has 0 saturated carbocycles. The van der Waals surface area contributed by atoms with Crippen molar-refractivity contribution in [2.45, 2.75) is 6.54 Å². The molecule has 2 aromatic rings. The third-order valence-electron chi connectivity index (χ3n) is 2.37. The van der Waals surface area contributed by atoms with E-state index >= 15 is 0 Å². The summed E-state index contributed by atoms with van der Waals surface area (Å²) in [5, 5.41) is 5.04. The number of halogens is 1. The summed E-state index contributed by atoms with van der Waals surface area (Å²) >= 11 is 5.69. The minimum absolute atomic E-state index is 0.623. The first kappa shape index (κ1) is 11.1. The van der Waals surface area contributed by atoms with E-state index in [4.69, 9.17) is 11.6 Å². The monoisotopic (exact) mass is 232 g/mol. The van der Waals surface area contributed by atoms with Crippen molar-refractivity contribution < 1.29 is 0 Å². The maximum atomic E-state index is 5.69. The molecule has 0 unspecified atom stereocenters. The molecule has 0 aliphatic heterocycles. The highest BCUT2D eigenvalue weighted by Gasteiger charge is 2.00. The van der Waals surface area contributed by atoms with Crippen molar-refractivity contribution in [1.29, 1.82) is 0 Å². The van der Waals surface area contributed by atoms with Gasteiger partial charge >= 0.3 is 0 Å². The van der Waals surface area contributed by atoms with Crippen LogP contribution in [-0.2, 0) is 6.54 Å². The summed E-state index contributed by atoms with van der Waals surface area (Å²) in [5.74, 6) is 0. The molecule has 1 aromatic carbocycles. The summed E-state index contributed by atoms with van der Waals surface area (Å²) in [5.41, 5.74) is 2.25. The minimum Gasteiger partial charge on any atom is -0.308 e. The quantitative estimate of drug-likeness (QED) is 0.877. The van der Waals surface area contributed by atoms with Crippen LogP contribution in [0.2, 0.25) is 0 Å². The molecule has 3 heteroatoms. The number of hydrogen-bond donors (Lipinski definition) is 1. The molecule has 1 aromatic heterocycles. The average molecular weight is 233 g/mol. The standard InChI is InChI=1S/C13H13ClN2/c1-10(14)8-15-9-11-6-7-16-13-5-3-2-4-12(11)13/h2-7,15H,1,8-9H2. The number of nitrogens with one attached hydrogen (secondary N) is 1. The molecule has 82 valence electrons. The molecule has 2 nitrogen and oxygen atoms in total. The van der Waals surface area contributed by atoms with E-state index in [9.17, 15) is 0 Å². The van der Waals surface area contributed by atoms with Gasteiger partial charge in [0.1, 0.15) is 0 Å². The van der Waals surface area contributed by atoms with Crippen molar-refractivity contribution in [3.05, 3.63) is 53.7 Å². The molecule has 1 N–H and O–H groups in total. The molecular formula is C13H13ClN2. The normalized spacial score (nSPS) is 10.6. The van der Waals surface area contributed by atoms with Gasteiger partial charge in [-0.1, -0.05) is 36.4 Å². The van der Waals surface area contributed by atoms with Gasteiger partial charge in [0, 0.05) is 29.7 Å². The highest BCUT2D eigenvalue weighted by atomic mass is 35.5. The Hall–Kier alpha value is -1.38. The van der Waals surface area contributed by atoms with Gasteiger partial charge in [-0.25, -0.2) is 0 Å². The summed E-state index contributed by atoms with van der Waals surface area (Å²) in [6, 6.07) is 10.1. The minimum atomic E-state index is 0.623. The summed E-state index contributed by atoms with van der Waals surface area (Å²) < 4.78 is 0. The Kier molecular flexibility index (Phi) is 3.54. The van der Waals surface area contributed by atoms with Crippen molar-refractivity contribution in [3.63, 3.8) is 0 Å². The molecule has 0 radical (unpaired) electrons. The maximum absolute atomic E-state index is 5.69. The van der Waals surface area contributed by atoms with Gasteiger partial charge in [0.25, 0.3) is 0 Å². The molecule has 0 atom stereocenters. The third-order valence-corrected chi connectivity index (χ3v) is 2.51. The number of fused-ring (bicyclic) bond motifs is 1. The topological polar surface area (TPSA) is 24.9 Å². The van der Waals surface area contributed by atoms with Crippen LogP contribution >= 0.6 is 11.6 Å². The van der Waals surface area contributed by atoms with Gasteiger partial charge in [-0.2, -0.15) is 0 Å². The van der Waals surface area contributed by atoms with Gasteiger partial charge in [-0.3, -0.25) is 4.98 Å². The Morgan fingerprint density at radius 3 is 2.94 bits per heavy atom. The first-order chi connectivity index (χ1) is 7.77. The Morgan fingerprint density at radius 1 is 1.31 bits per heavy atom. The fourth-order valence-corrected chi connectivity index (χ4v) is 1.74. The lowest BCUT2D eigenvalue weighted by atomic mass is 10.1. The fraction of sp³-hybridized carbons (Fsp3) is 0.154. The van der Waals surface area contributed by atoms with E-state index in [1.165, 1.54) is 10.9 Å². The molecule has 2 rings (SSSR count). The Morgan fingerprint density at radius 2 is 2.12 bits per heavy atom. The first-order valence-electron chi connectivity index (χ1n) is 5.14. The lowest BCUT2D eigenvalue weighted by Crippen LogP contribution is -2.14. The van der Waals surface area contributed by atoms with E-state index in [1.54, 1.807) is 0 Å². The molecule has 0 aliphatic carbocycles. The Labute approximate surface area is 100.0 Å². The van der Waals surface area contributed by atoms with Gasteiger partial charge < -0.3 is 5.32 Å². The zero-order valence-corrected chi connectivity index (χ0v) is 9.67. The third kappa shape index (κ3) is 2.60. The highest BCUT2D eigenvalue weighted by Crippen LogP contribution is 2.15. The lowest BCUT2D eigenvalue weighted by Gasteiger charge is -2.06. The maximum Gasteiger partial charge on any atom is 0.0705 e. The predicted octanol–water partition coefficient (Wildman–Crippen LogP) is 3.08. The molecule has 0 amide bonds. The smallest absolute Gasteiger partial charge is 0.0705 e. The van der Waals surface area contributed by atoms with Gasteiger partial charge in [0.05, 0.1) is 5.52 Å². The van der Waals surface area contributed by atoms with Gasteiger partial charge in [-0.05, 0) is 17.7 Å². The van der Waals surface area contributed by atoms with Crippen LogP contribution in [0.3, 0.4) is 0 Å². The summed E-state index contributed by atoms with van der Waals surface area (Å²) in [6.07, 6.45) is 1.83. The van der Waals surface area contributed by atoms with Gasteiger partial charge in [0.15, 0.2) is 0 Å². The van der Waals surface area contributed by atoms with Crippen LogP contribution in [0.1, 0.15) is 5.56 Å². The van der Waals surface area contributed by atoms with Crippen LogP contribution in [0.15, 0.2) is 48.1 Å². The van der Waals surface area contributed by atoms with E-state index in [0.29, 0.717) is 11.6 Å². The van der Waals surface area contributed by atoms with Crippen molar-refractivity contribution in [2.75, 3.05) is 6.54 Å². The number of para-hydroxylation sites is 1. The highest BCUT2D eigenvalue weighted by molar-refractivity contribution is 6.29. The summed E-state index contributed by atoms with van der Waals surface area (Å²) in [7, 11) is 0. The molecule has 0 fully saturated rings. The fourth-order valence-electron chi connectivity index (χ4n) is 1.64. The van der Waals surface area contributed by atoms with Crippen molar-refractivity contribution in [2.24, 2.45) is 0 Å². The number of benzene rings is 1. The summed E-state index contributed by atoms with van der Waals surface area (Å²) in [6.45, 7) is 5.04. The van der Waals surface area contributed by atoms with E-state index in [0.717, 1.165) is 12.1 Å². The zero-order chi connectivity index (χ0) is 11.4. The van der Waals surface area contributed by atoms with Crippen LogP contribution in [0.5, 0.6) is 0 Å². The molecule has 0 aliphatic rings. The van der Waals surface area contributed by atoms with Crippen LogP contribution in [0, 0.1) is 0 Å². The van der Waals surface area contributed by atoms with E-state index in [2.05, 4.69) is 22.9 Å². The van der Waals surface area contributed by atoms with Crippen LogP contribution in [-0.4, -0.2) is 11.5 Å². The molecule has 0 spiro atoms. The number of hydrogen-bond acceptors (Lipinski definition) is 2. The molecule has 0 bridgehead atoms. The van der Waals surface area contributed by atoms with Crippen LogP contribution in [0.25, 0.3) is 10.9 Å². The van der Waals surface area contributed by atoms with Crippen molar-refractivity contribution >= 4 is 22.5 Å². The summed E-state index contributed by atoms with van der Waals surface area (Å²) in [4.78, 5) is 4.31. The van der Waals surface area contributed by atoms with Crippen molar-refractivity contribution in [3.8, 4) is 0 Å². The van der Waals surface area contributed by atoms with E-state index < -0.39 is 0 Å². The number of rotatable bonds is 4. The van der Waals surface area contributed by atoms with Crippen LogP contribution < -0.4 is 5.32 Å².